The number of carbonyl (C=O) groups is 1. The van der Waals surface area contributed by atoms with E-state index in [9.17, 15) is 30.3 Å². The molecule has 9 heteroatoms. The van der Waals surface area contributed by atoms with Crippen LogP contribution in [-0.4, -0.2) is 87.5 Å². The number of aliphatic hydroxyl groups excluding tert-OH is 5. The number of carbonyl (C=O) groups excluding carboxylic acids is 1. The molecule has 1 aliphatic carbocycles. The summed E-state index contributed by atoms with van der Waals surface area (Å²) in [6.07, 6.45) is 9.54. The van der Waals surface area contributed by atoms with Gasteiger partial charge in [0.2, 0.25) is 5.91 Å². The van der Waals surface area contributed by atoms with Gasteiger partial charge >= 0.3 is 0 Å². The fourth-order valence-electron chi connectivity index (χ4n) is 4.79. The van der Waals surface area contributed by atoms with E-state index in [0.29, 0.717) is 6.42 Å². The molecule has 1 heterocycles. The summed E-state index contributed by atoms with van der Waals surface area (Å²) < 4.78 is 11.2. The van der Waals surface area contributed by atoms with Crippen LogP contribution in [0.4, 0.5) is 0 Å². The van der Waals surface area contributed by atoms with Crippen molar-refractivity contribution in [3.05, 3.63) is 0 Å². The van der Waals surface area contributed by atoms with E-state index in [1.165, 1.54) is 64.2 Å². The van der Waals surface area contributed by atoms with E-state index in [1.54, 1.807) is 0 Å². The zero-order chi connectivity index (χ0) is 25.6. The van der Waals surface area contributed by atoms with E-state index in [2.05, 4.69) is 12.2 Å². The molecule has 2 fully saturated rings. The maximum absolute atomic E-state index is 12.5. The Balaban J connectivity index is 1.62. The van der Waals surface area contributed by atoms with Gasteiger partial charge in [-0.05, 0) is 6.42 Å². The van der Waals surface area contributed by atoms with Crippen LogP contribution < -0.4 is 5.32 Å². The lowest BCUT2D eigenvalue weighted by atomic mass is 9.96. The van der Waals surface area contributed by atoms with Gasteiger partial charge in [-0.2, -0.15) is 0 Å². The highest BCUT2D eigenvalue weighted by Crippen LogP contribution is 2.37. The minimum Gasteiger partial charge on any atom is -0.396 e. The van der Waals surface area contributed by atoms with Gasteiger partial charge in [-0.25, -0.2) is 0 Å². The largest absolute Gasteiger partial charge is 0.396 e. The molecule has 1 saturated heterocycles. The van der Waals surface area contributed by atoms with Crippen molar-refractivity contribution in [2.45, 2.75) is 140 Å². The Hall–Kier alpha value is -0.810. The van der Waals surface area contributed by atoms with Crippen molar-refractivity contribution in [1.29, 1.82) is 0 Å². The summed E-state index contributed by atoms with van der Waals surface area (Å²) in [5.41, 5.74) is 0. The Morgan fingerprint density at radius 3 is 1.80 bits per heavy atom. The van der Waals surface area contributed by atoms with E-state index >= 15 is 0 Å². The summed E-state index contributed by atoms with van der Waals surface area (Å²) in [4.78, 5) is 12.5. The van der Waals surface area contributed by atoms with Gasteiger partial charge in [-0.1, -0.05) is 84.0 Å². The highest BCUT2D eigenvalue weighted by Gasteiger charge is 2.54. The number of rotatable bonds is 19. The topological polar surface area (TPSA) is 149 Å². The predicted octanol–water partition coefficient (Wildman–Crippen LogP) is 1.76. The number of aliphatic hydroxyl groups is 5. The summed E-state index contributed by atoms with van der Waals surface area (Å²) in [5.74, 6) is -0.739. The molecule has 35 heavy (non-hydrogen) atoms. The predicted molar refractivity (Wildman–Crippen MR) is 131 cm³/mol. The van der Waals surface area contributed by atoms with Crippen molar-refractivity contribution in [2.24, 2.45) is 5.92 Å². The molecule has 1 aliphatic heterocycles. The molecule has 2 aliphatic rings. The Kier molecular flexibility index (Phi) is 14.6. The van der Waals surface area contributed by atoms with E-state index < -0.39 is 55.4 Å². The second-order valence-corrected chi connectivity index (χ2v) is 10.2. The Morgan fingerprint density at radius 1 is 0.771 bits per heavy atom. The molecule has 0 spiro atoms. The van der Waals surface area contributed by atoms with Crippen molar-refractivity contribution in [3.63, 3.8) is 0 Å². The second-order valence-electron chi connectivity index (χ2n) is 10.2. The van der Waals surface area contributed by atoms with Crippen LogP contribution in [0.2, 0.25) is 0 Å². The summed E-state index contributed by atoms with van der Waals surface area (Å²) in [7, 11) is 0. The molecule has 6 N–H and O–H groups in total. The van der Waals surface area contributed by atoms with Crippen LogP contribution in [0.15, 0.2) is 0 Å². The van der Waals surface area contributed by atoms with Gasteiger partial charge in [-0.3, -0.25) is 4.79 Å². The molecule has 0 bridgehead atoms. The Morgan fingerprint density at radius 2 is 1.31 bits per heavy atom. The standard InChI is InChI=1S/C26H49NO8/c1-2-3-4-5-6-7-8-9-10-11-12-13-14-15-20(30)27-21-24(33)23(32)19(17-29)34-26(21)35-25-18(16-28)22(25)31/h18-19,21-26,28-29,31-33H,2-17H2,1H3,(H,27,30). The molecular weight excluding hydrogens is 454 g/mol. The van der Waals surface area contributed by atoms with E-state index in [4.69, 9.17) is 9.47 Å². The average Bonchev–Trinajstić information content (AvgIpc) is 3.48. The van der Waals surface area contributed by atoms with Gasteiger partial charge < -0.3 is 40.3 Å². The monoisotopic (exact) mass is 503 g/mol. The number of ether oxygens (including phenoxy) is 2. The Labute approximate surface area is 210 Å². The first-order valence-electron chi connectivity index (χ1n) is 13.8. The quantitative estimate of drug-likeness (QED) is 0.146. The first kappa shape index (κ1) is 30.4. The van der Waals surface area contributed by atoms with Crippen molar-refractivity contribution >= 4 is 5.91 Å². The average molecular weight is 504 g/mol. The normalized spacial score (nSPS) is 32.5. The molecule has 0 aromatic heterocycles. The third-order valence-corrected chi connectivity index (χ3v) is 7.27. The molecule has 206 valence electrons. The van der Waals surface area contributed by atoms with Crippen LogP contribution in [-0.2, 0) is 14.3 Å². The first-order valence-corrected chi connectivity index (χ1v) is 13.8. The van der Waals surface area contributed by atoms with Crippen molar-refractivity contribution in [3.8, 4) is 0 Å². The third kappa shape index (κ3) is 10.2. The molecule has 1 amide bonds. The summed E-state index contributed by atoms with van der Waals surface area (Å²) >= 11 is 0. The van der Waals surface area contributed by atoms with Crippen LogP contribution in [0.25, 0.3) is 0 Å². The van der Waals surface area contributed by atoms with Gasteiger partial charge in [-0.15, -0.1) is 0 Å². The highest BCUT2D eigenvalue weighted by atomic mass is 16.7. The van der Waals surface area contributed by atoms with Crippen molar-refractivity contribution < 1.29 is 39.8 Å². The van der Waals surface area contributed by atoms with E-state index in [0.717, 1.165) is 19.3 Å². The molecule has 2 rings (SSSR count). The molecular formula is C26H49NO8. The van der Waals surface area contributed by atoms with Gasteiger partial charge in [0.1, 0.15) is 24.4 Å². The minimum atomic E-state index is -1.40. The van der Waals surface area contributed by atoms with Gasteiger partial charge in [0, 0.05) is 12.3 Å². The lowest BCUT2D eigenvalue weighted by Gasteiger charge is -2.42. The highest BCUT2D eigenvalue weighted by molar-refractivity contribution is 5.76. The van der Waals surface area contributed by atoms with Gasteiger partial charge in [0.15, 0.2) is 6.29 Å². The zero-order valence-corrected chi connectivity index (χ0v) is 21.4. The maximum Gasteiger partial charge on any atom is 0.220 e. The molecule has 0 aromatic rings. The zero-order valence-electron chi connectivity index (χ0n) is 21.4. The summed E-state index contributed by atoms with van der Waals surface area (Å²) in [5, 5.41) is 51.9. The number of hydrogen-bond donors (Lipinski definition) is 6. The van der Waals surface area contributed by atoms with Crippen LogP contribution in [0.3, 0.4) is 0 Å². The van der Waals surface area contributed by atoms with Crippen LogP contribution in [0.5, 0.6) is 0 Å². The number of unbranched alkanes of at least 4 members (excludes halogenated alkanes) is 12. The Bertz CT molecular complexity index is 580. The molecule has 0 radical (unpaired) electrons. The van der Waals surface area contributed by atoms with Gasteiger partial charge in [0.25, 0.3) is 0 Å². The lowest BCUT2D eigenvalue weighted by molar-refractivity contribution is -0.276. The molecule has 8 unspecified atom stereocenters. The molecule has 0 aromatic carbocycles. The molecule has 1 saturated carbocycles. The second kappa shape index (κ2) is 16.8. The van der Waals surface area contributed by atoms with Gasteiger partial charge in [0.05, 0.1) is 25.4 Å². The summed E-state index contributed by atoms with van der Waals surface area (Å²) in [6.45, 7) is 1.44. The van der Waals surface area contributed by atoms with Crippen LogP contribution >= 0.6 is 0 Å². The molecule has 8 atom stereocenters. The van der Waals surface area contributed by atoms with Crippen LogP contribution in [0.1, 0.15) is 96.8 Å². The fourth-order valence-corrected chi connectivity index (χ4v) is 4.79. The van der Waals surface area contributed by atoms with E-state index in [-0.39, 0.29) is 12.5 Å². The van der Waals surface area contributed by atoms with Crippen molar-refractivity contribution in [2.75, 3.05) is 13.2 Å². The third-order valence-electron chi connectivity index (χ3n) is 7.27. The number of nitrogens with one attached hydrogen (secondary N) is 1. The number of hydrogen-bond acceptors (Lipinski definition) is 8. The maximum atomic E-state index is 12.5. The lowest BCUT2D eigenvalue weighted by Crippen LogP contribution is -2.65. The van der Waals surface area contributed by atoms with E-state index in [1.807, 2.05) is 0 Å². The number of amides is 1. The fraction of sp³-hybridized carbons (Fsp3) is 0.962. The SMILES string of the molecule is CCCCCCCCCCCCCCCC(=O)NC1C(OC2C(O)C2CO)OC(CO)C(O)C1O. The van der Waals surface area contributed by atoms with Crippen molar-refractivity contribution in [1.82, 2.24) is 5.32 Å². The smallest absolute Gasteiger partial charge is 0.220 e. The summed E-state index contributed by atoms with van der Waals surface area (Å²) in [6, 6.07) is -1.05. The van der Waals surface area contributed by atoms with Crippen LogP contribution in [0, 0.1) is 5.92 Å². The minimum absolute atomic E-state index is 0.261. The molecule has 9 nitrogen and oxygen atoms in total. The first-order chi connectivity index (χ1) is 16.9.